The Morgan fingerprint density at radius 3 is 2.25 bits per heavy atom. The summed E-state index contributed by atoms with van der Waals surface area (Å²) in [5.41, 5.74) is 4.49. The molecule has 0 radical (unpaired) electrons. The third-order valence-electron chi connectivity index (χ3n) is 6.74. The van der Waals surface area contributed by atoms with Crippen molar-refractivity contribution in [3.05, 3.63) is 89.7 Å². The highest BCUT2D eigenvalue weighted by Gasteiger charge is 2.40. The summed E-state index contributed by atoms with van der Waals surface area (Å²) in [6, 6.07) is 23.1. The molecular formula is C26H27N5O. The molecule has 0 spiro atoms. The molecule has 0 saturated heterocycles. The first-order valence-corrected chi connectivity index (χ1v) is 11.1. The Kier molecular flexibility index (Phi) is 5.43. The van der Waals surface area contributed by atoms with Gasteiger partial charge in [-0.3, -0.25) is 4.98 Å². The second-order valence-electron chi connectivity index (χ2n) is 8.64. The van der Waals surface area contributed by atoms with Crippen LogP contribution in [0.2, 0.25) is 0 Å². The molecule has 1 aliphatic carbocycles. The van der Waals surface area contributed by atoms with Gasteiger partial charge in [0.05, 0.1) is 12.7 Å². The van der Waals surface area contributed by atoms with Crippen molar-refractivity contribution in [2.24, 2.45) is 13.0 Å². The lowest BCUT2D eigenvalue weighted by molar-refractivity contribution is 0.211. The largest absolute Gasteiger partial charge is 0.487 e. The summed E-state index contributed by atoms with van der Waals surface area (Å²) in [7, 11) is 1.78. The summed E-state index contributed by atoms with van der Waals surface area (Å²) in [6.45, 7) is 2.84. The van der Waals surface area contributed by atoms with Crippen LogP contribution >= 0.6 is 0 Å². The summed E-state index contributed by atoms with van der Waals surface area (Å²) in [4.78, 5) is 5.81. The lowest BCUT2D eigenvalue weighted by Crippen LogP contribution is -2.37. The maximum absolute atomic E-state index is 5.95. The number of hydrogen-bond donors (Lipinski definition) is 0. The monoisotopic (exact) mass is 425 g/mol. The smallest absolute Gasteiger partial charge is 0.204 e. The molecule has 32 heavy (non-hydrogen) atoms. The van der Waals surface area contributed by atoms with Gasteiger partial charge in [-0.25, -0.2) is 0 Å². The molecule has 2 aromatic carbocycles. The van der Waals surface area contributed by atoms with Crippen LogP contribution in [-0.4, -0.2) is 25.2 Å². The van der Waals surface area contributed by atoms with Crippen LogP contribution < -0.4 is 4.74 Å². The van der Waals surface area contributed by atoms with Crippen LogP contribution in [0.15, 0.2) is 72.9 Å². The van der Waals surface area contributed by atoms with Crippen LogP contribution in [0.25, 0.3) is 11.4 Å². The van der Waals surface area contributed by atoms with Crippen LogP contribution in [0.5, 0.6) is 5.75 Å². The first-order valence-electron chi connectivity index (χ1n) is 11.1. The number of pyridine rings is 1. The maximum Gasteiger partial charge on any atom is 0.204 e. The predicted octanol–water partition coefficient (Wildman–Crippen LogP) is 4.96. The summed E-state index contributed by atoms with van der Waals surface area (Å²) < 4.78 is 5.95. The van der Waals surface area contributed by atoms with Crippen molar-refractivity contribution in [2.75, 3.05) is 0 Å². The second kappa shape index (κ2) is 8.54. The number of aryl methyl sites for hydroxylation is 1. The molecule has 4 aromatic rings. The maximum atomic E-state index is 5.95. The van der Waals surface area contributed by atoms with Gasteiger partial charge in [0.2, 0.25) is 5.82 Å². The summed E-state index contributed by atoms with van der Waals surface area (Å²) in [5.74, 6) is 2.14. The number of aromatic nitrogens is 5. The topological polar surface area (TPSA) is 65.7 Å². The third kappa shape index (κ3) is 3.88. The van der Waals surface area contributed by atoms with Gasteiger partial charge in [0.25, 0.3) is 0 Å². The van der Waals surface area contributed by atoms with Gasteiger partial charge in [-0.05, 0) is 59.4 Å². The Hall–Kier alpha value is -3.54. The van der Waals surface area contributed by atoms with Crippen molar-refractivity contribution in [2.45, 2.75) is 38.2 Å². The predicted molar refractivity (Wildman–Crippen MR) is 123 cm³/mol. The van der Waals surface area contributed by atoms with Gasteiger partial charge < -0.3 is 4.74 Å². The van der Waals surface area contributed by atoms with E-state index in [9.17, 15) is 0 Å². The number of tetrazole rings is 1. The van der Waals surface area contributed by atoms with Gasteiger partial charge in [-0.15, -0.1) is 10.2 Å². The summed E-state index contributed by atoms with van der Waals surface area (Å²) >= 11 is 0. The van der Waals surface area contributed by atoms with Gasteiger partial charge in [-0.1, -0.05) is 55.8 Å². The molecule has 1 unspecified atom stereocenters. The van der Waals surface area contributed by atoms with Crippen molar-refractivity contribution in [1.82, 2.24) is 25.2 Å². The van der Waals surface area contributed by atoms with Crippen molar-refractivity contribution in [3.8, 4) is 17.1 Å². The minimum Gasteiger partial charge on any atom is -0.487 e. The first-order chi connectivity index (χ1) is 15.6. The number of hydrogen-bond acceptors (Lipinski definition) is 5. The number of benzene rings is 2. The molecule has 1 atom stereocenters. The summed E-state index contributed by atoms with van der Waals surface area (Å²) in [6.07, 6.45) is 5.59. The first kappa shape index (κ1) is 20.4. The van der Waals surface area contributed by atoms with Gasteiger partial charge in [0, 0.05) is 17.2 Å². The van der Waals surface area contributed by atoms with E-state index >= 15 is 0 Å². The van der Waals surface area contributed by atoms with Crippen molar-refractivity contribution in [1.29, 1.82) is 0 Å². The molecule has 6 heteroatoms. The Bertz CT molecular complexity index is 1170. The van der Waals surface area contributed by atoms with E-state index < -0.39 is 0 Å². The van der Waals surface area contributed by atoms with E-state index in [1.165, 1.54) is 35.2 Å². The average Bonchev–Trinajstić information content (AvgIpc) is 3.24. The minimum absolute atomic E-state index is 0.0495. The number of ether oxygens (including phenoxy) is 1. The molecule has 6 nitrogen and oxygen atoms in total. The van der Waals surface area contributed by atoms with E-state index in [0.717, 1.165) is 17.0 Å². The van der Waals surface area contributed by atoms with Crippen molar-refractivity contribution >= 4 is 0 Å². The average molecular weight is 426 g/mol. The Morgan fingerprint density at radius 2 is 1.69 bits per heavy atom. The number of nitrogens with zero attached hydrogens (tertiary/aromatic N) is 5. The van der Waals surface area contributed by atoms with Gasteiger partial charge >= 0.3 is 0 Å². The Morgan fingerprint density at radius 1 is 0.969 bits per heavy atom. The molecule has 0 amide bonds. The molecular weight excluding hydrogens is 398 g/mol. The van der Waals surface area contributed by atoms with Crippen LogP contribution in [0.3, 0.4) is 0 Å². The quantitative estimate of drug-likeness (QED) is 0.419. The zero-order chi connectivity index (χ0) is 22.0. The molecule has 0 bridgehead atoms. The molecule has 1 aliphatic rings. The Balaban J connectivity index is 1.39. The Labute approximate surface area is 188 Å². The highest BCUT2D eigenvalue weighted by Crippen LogP contribution is 2.48. The van der Waals surface area contributed by atoms with Crippen molar-refractivity contribution < 1.29 is 4.74 Å². The zero-order valence-corrected chi connectivity index (χ0v) is 18.5. The van der Waals surface area contributed by atoms with E-state index in [2.05, 4.69) is 75.8 Å². The molecule has 1 saturated carbocycles. The van der Waals surface area contributed by atoms with E-state index in [1.54, 1.807) is 13.2 Å². The fourth-order valence-corrected chi connectivity index (χ4v) is 4.53. The molecule has 0 N–H and O–H groups in total. The van der Waals surface area contributed by atoms with E-state index in [-0.39, 0.29) is 5.41 Å². The molecule has 0 aliphatic heterocycles. The number of rotatable bonds is 7. The van der Waals surface area contributed by atoms with Crippen LogP contribution in [-0.2, 0) is 19.1 Å². The fourth-order valence-electron chi connectivity index (χ4n) is 4.53. The SMILES string of the molecule is Cn1nnc(-c2ccc(C(C)(c3ccc(OCc4ccccn4)cc3)C3CCC3)cc2)n1. The zero-order valence-electron chi connectivity index (χ0n) is 18.5. The van der Waals surface area contributed by atoms with Crippen LogP contribution in [0.1, 0.15) is 43.0 Å². The summed E-state index contributed by atoms with van der Waals surface area (Å²) in [5, 5.41) is 12.4. The van der Waals surface area contributed by atoms with Crippen LogP contribution in [0.4, 0.5) is 0 Å². The van der Waals surface area contributed by atoms with E-state index in [4.69, 9.17) is 4.74 Å². The normalized spacial score (nSPS) is 15.7. The third-order valence-corrected chi connectivity index (χ3v) is 6.74. The molecule has 1 fully saturated rings. The fraction of sp³-hybridized carbons (Fsp3) is 0.308. The van der Waals surface area contributed by atoms with Crippen LogP contribution in [0, 0.1) is 5.92 Å². The van der Waals surface area contributed by atoms with Gasteiger partial charge in [-0.2, -0.15) is 4.80 Å². The van der Waals surface area contributed by atoms with E-state index in [0.29, 0.717) is 18.3 Å². The second-order valence-corrected chi connectivity index (χ2v) is 8.64. The lowest BCUT2D eigenvalue weighted by Gasteiger charge is -2.44. The standard InChI is InChI=1S/C26H27N5O/c1-26(20-6-5-7-20,21-11-9-19(10-12-21)25-28-30-31(2)29-25)22-13-15-24(16-14-22)32-18-23-8-3-4-17-27-23/h3-4,8-17,20H,5-7,18H2,1-2H3. The van der Waals surface area contributed by atoms with E-state index in [1.807, 2.05) is 18.2 Å². The molecule has 162 valence electrons. The van der Waals surface area contributed by atoms with Crippen molar-refractivity contribution in [3.63, 3.8) is 0 Å². The molecule has 5 rings (SSSR count). The highest BCUT2D eigenvalue weighted by atomic mass is 16.5. The molecule has 2 heterocycles. The highest BCUT2D eigenvalue weighted by molar-refractivity contribution is 5.56. The minimum atomic E-state index is -0.0495. The molecule has 2 aromatic heterocycles. The van der Waals surface area contributed by atoms with Gasteiger partial charge in [0.15, 0.2) is 0 Å². The van der Waals surface area contributed by atoms with Gasteiger partial charge in [0.1, 0.15) is 12.4 Å². The lowest BCUT2D eigenvalue weighted by atomic mass is 9.60.